The Morgan fingerprint density at radius 1 is 0.556 bits per heavy atom. The molecule has 2 rings (SSSR count). The first-order chi connectivity index (χ1) is 8.65. The van der Waals surface area contributed by atoms with Crippen LogP contribution in [0.4, 0.5) is 0 Å². The lowest BCUT2D eigenvalue weighted by atomic mass is 9.80. The quantitative estimate of drug-likeness (QED) is 0.530. The second kappa shape index (κ2) is 8.99. The molecule has 0 unspecified atom stereocenters. The molecular formula is C18H36. The fourth-order valence-corrected chi connectivity index (χ4v) is 3.47. The van der Waals surface area contributed by atoms with Crippen molar-refractivity contribution in [2.45, 2.75) is 91.9 Å². The summed E-state index contributed by atoms with van der Waals surface area (Å²) < 4.78 is 0. The highest BCUT2D eigenvalue weighted by atomic mass is 14.2. The summed E-state index contributed by atoms with van der Waals surface area (Å²) in [5, 5.41) is 0. The van der Waals surface area contributed by atoms with Gasteiger partial charge in [-0.05, 0) is 23.7 Å². The fraction of sp³-hybridized carbons (Fsp3) is 1.00. The summed E-state index contributed by atoms with van der Waals surface area (Å²) in [6, 6.07) is 0. The molecule has 0 radical (unpaired) electrons. The highest BCUT2D eigenvalue weighted by molar-refractivity contribution is 4.70. The average molecular weight is 252 g/mol. The normalized spacial score (nSPS) is 36.7. The Balaban J connectivity index is 0.000000184. The summed E-state index contributed by atoms with van der Waals surface area (Å²) in [6.45, 7) is 9.39. The van der Waals surface area contributed by atoms with E-state index in [9.17, 15) is 0 Å². The predicted molar refractivity (Wildman–Crippen MR) is 82.8 cm³/mol. The van der Waals surface area contributed by atoms with E-state index in [2.05, 4.69) is 27.7 Å². The summed E-state index contributed by atoms with van der Waals surface area (Å²) in [5.41, 5.74) is 0. The van der Waals surface area contributed by atoms with Crippen molar-refractivity contribution < 1.29 is 0 Å². The van der Waals surface area contributed by atoms with Crippen molar-refractivity contribution in [3.05, 3.63) is 0 Å². The van der Waals surface area contributed by atoms with Crippen LogP contribution < -0.4 is 0 Å². The zero-order valence-electron chi connectivity index (χ0n) is 13.4. The molecule has 0 aliphatic heterocycles. The predicted octanol–water partition coefficient (Wildman–Crippen LogP) is 6.45. The van der Waals surface area contributed by atoms with Gasteiger partial charge < -0.3 is 0 Å². The van der Waals surface area contributed by atoms with Crippen LogP contribution in [0.3, 0.4) is 0 Å². The minimum atomic E-state index is 1.02. The molecule has 2 aliphatic carbocycles. The molecule has 0 aromatic rings. The molecule has 0 N–H and O–H groups in total. The average Bonchev–Trinajstić information content (AvgIpc) is 2.43. The minimum absolute atomic E-state index is 1.02. The van der Waals surface area contributed by atoms with Crippen LogP contribution in [0.25, 0.3) is 0 Å². The van der Waals surface area contributed by atoms with E-state index in [-0.39, 0.29) is 0 Å². The highest BCUT2D eigenvalue weighted by Crippen LogP contribution is 2.31. The van der Waals surface area contributed by atoms with Crippen LogP contribution in [0.5, 0.6) is 0 Å². The Hall–Kier alpha value is 0. The molecule has 108 valence electrons. The monoisotopic (exact) mass is 252 g/mol. The summed E-state index contributed by atoms with van der Waals surface area (Å²) in [5.74, 6) is 4.18. The summed E-state index contributed by atoms with van der Waals surface area (Å²) in [6.07, 6.45) is 14.8. The molecular weight excluding hydrogens is 216 g/mol. The lowest BCUT2D eigenvalue weighted by molar-refractivity contribution is 0.264. The molecule has 0 amide bonds. The van der Waals surface area contributed by atoms with Gasteiger partial charge in [-0.3, -0.25) is 0 Å². The van der Waals surface area contributed by atoms with Crippen molar-refractivity contribution in [2.24, 2.45) is 23.7 Å². The second-order valence-corrected chi connectivity index (χ2v) is 7.07. The van der Waals surface area contributed by atoms with Gasteiger partial charge >= 0.3 is 0 Å². The minimum Gasteiger partial charge on any atom is -0.0651 e. The van der Waals surface area contributed by atoms with Crippen molar-refractivity contribution in [2.75, 3.05) is 0 Å². The SMILES string of the molecule is CC1CCC(C)CC1.CCC1CCC(CC)CC1. The van der Waals surface area contributed by atoms with E-state index in [0.29, 0.717) is 0 Å². The van der Waals surface area contributed by atoms with Crippen molar-refractivity contribution in [1.29, 1.82) is 0 Å². The third kappa shape index (κ3) is 6.25. The van der Waals surface area contributed by atoms with Crippen molar-refractivity contribution >= 4 is 0 Å². The molecule has 0 saturated heterocycles. The van der Waals surface area contributed by atoms with Gasteiger partial charge in [0.05, 0.1) is 0 Å². The maximum absolute atomic E-state index is 2.37. The smallest absolute Gasteiger partial charge is 0.0417 e. The summed E-state index contributed by atoms with van der Waals surface area (Å²) in [7, 11) is 0. The van der Waals surface area contributed by atoms with E-state index in [4.69, 9.17) is 0 Å². The van der Waals surface area contributed by atoms with Crippen molar-refractivity contribution in [3.8, 4) is 0 Å². The van der Waals surface area contributed by atoms with Gasteiger partial charge in [0.2, 0.25) is 0 Å². The Labute approximate surface area is 116 Å². The van der Waals surface area contributed by atoms with E-state index < -0.39 is 0 Å². The standard InChI is InChI=1S/C10H20.C8H16/c1-3-9-5-7-10(4-2)8-6-9;1-7-3-5-8(2)6-4-7/h9-10H,3-8H2,1-2H3;7-8H,3-6H2,1-2H3. The van der Waals surface area contributed by atoms with Gasteiger partial charge in [0.1, 0.15) is 0 Å². The van der Waals surface area contributed by atoms with Crippen molar-refractivity contribution in [3.63, 3.8) is 0 Å². The van der Waals surface area contributed by atoms with Crippen LogP contribution in [0.15, 0.2) is 0 Å². The van der Waals surface area contributed by atoms with E-state index in [1.54, 1.807) is 0 Å². The van der Waals surface area contributed by atoms with Crippen LogP contribution in [0.1, 0.15) is 91.9 Å². The first-order valence-electron chi connectivity index (χ1n) is 8.65. The Morgan fingerprint density at radius 2 is 0.833 bits per heavy atom. The van der Waals surface area contributed by atoms with E-state index in [0.717, 1.165) is 23.7 Å². The van der Waals surface area contributed by atoms with E-state index >= 15 is 0 Å². The lowest BCUT2D eigenvalue weighted by Gasteiger charge is -2.26. The van der Waals surface area contributed by atoms with Crippen LogP contribution in [0.2, 0.25) is 0 Å². The van der Waals surface area contributed by atoms with Crippen LogP contribution >= 0.6 is 0 Å². The Morgan fingerprint density at radius 3 is 1.06 bits per heavy atom. The summed E-state index contributed by atoms with van der Waals surface area (Å²) >= 11 is 0. The van der Waals surface area contributed by atoms with E-state index in [1.807, 2.05) is 0 Å². The molecule has 0 spiro atoms. The first-order valence-corrected chi connectivity index (χ1v) is 8.65. The second-order valence-electron chi connectivity index (χ2n) is 7.07. The molecule has 0 nitrogen and oxygen atoms in total. The fourth-order valence-electron chi connectivity index (χ4n) is 3.47. The van der Waals surface area contributed by atoms with Gasteiger partial charge in [-0.25, -0.2) is 0 Å². The van der Waals surface area contributed by atoms with E-state index in [1.165, 1.54) is 64.2 Å². The third-order valence-electron chi connectivity index (χ3n) is 5.43. The molecule has 0 aromatic heterocycles. The molecule has 18 heavy (non-hydrogen) atoms. The maximum Gasteiger partial charge on any atom is -0.0417 e. The van der Waals surface area contributed by atoms with Crippen LogP contribution in [0, 0.1) is 23.7 Å². The van der Waals surface area contributed by atoms with Gasteiger partial charge in [0.15, 0.2) is 0 Å². The molecule has 2 saturated carbocycles. The lowest BCUT2D eigenvalue weighted by Crippen LogP contribution is -2.12. The topological polar surface area (TPSA) is 0 Å². The van der Waals surface area contributed by atoms with Crippen LogP contribution in [-0.2, 0) is 0 Å². The number of hydrogen-bond donors (Lipinski definition) is 0. The van der Waals surface area contributed by atoms with Crippen molar-refractivity contribution in [1.82, 2.24) is 0 Å². The molecule has 2 fully saturated rings. The first kappa shape index (κ1) is 16.1. The highest BCUT2D eigenvalue weighted by Gasteiger charge is 2.17. The van der Waals surface area contributed by atoms with Gasteiger partial charge in [0, 0.05) is 0 Å². The molecule has 0 heteroatoms. The molecule has 0 heterocycles. The van der Waals surface area contributed by atoms with Gasteiger partial charge in [-0.15, -0.1) is 0 Å². The number of rotatable bonds is 2. The Bertz CT molecular complexity index is 158. The van der Waals surface area contributed by atoms with Gasteiger partial charge in [0.25, 0.3) is 0 Å². The zero-order chi connectivity index (χ0) is 13.4. The molecule has 0 bridgehead atoms. The molecule has 0 aromatic carbocycles. The third-order valence-corrected chi connectivity index (χ3v) is 5.43. The van der Waals surface area contributed by atoms with Crippen LogP contribution in [-0.4, -0.2) is 0 Å². The summed E-state index contributed by atoms with van der Waals surface area (Å²) in [4.78, 5) is 0. The molecule has 2 aliphatic rings. The maximum atomic E-state index is 2.37. The number of hydrogen-bond acceptors (Lipinski definition) is 0. The van der Waals surface area contributed by atoms with Gasteiger partial charge in [-0.1, -0.05) is 91.9 Å². The largest absolute Gasteiger partial charge is 0.0651 e. The molecule has 0 atom stereocenters. The van der Waals surface area contributed by atoms with Gasteiger partial charge in [-0.2, -0.15) is 0 Å². The zero-order valence-corrected chi connectivity index (χ0v) is 13.4. The Kier molecular flexibility index (Phi) is 8.02.